The molecule has 0 radical (unpaired) electrons. The summed E-state index contributed by atoms with van der Waals surface area (Å²) in [5.74, 6) is -0.695. The first kappa shape index (κ1) is 19.2. The lowest BCUT2D eigenvalue weighted by atomic mass is 10.1. The Morgan fingerprint density at radius 2 is 1.91 bits per heavy atom. The zero-order valence-corrected chi connectivity index (χ0v) is 12.7. The van der Waals surface area contributed by atoms with Crippen LogP contribution in [0.15, 0.2) is 18.2 Å². The molecule has 1 rings (SSSR count). The highest BCUT2D eigenvalue weighted by atomic mass is 19.4. The van der Waals surface area contributed by atoms with Crippen LogP contribution < -0.4 is 9.55 Å². The maximum Gasteiger partial charge on any atom is 0.416 e. The van der Waals surface area contributed by atoms with Crippen LogP contribution in [-0.4, -0.2) is 26.2 Å². The SMILES string of the molecule is CCOC(=O)CCCOc1cc(C(F)(F)F)cc([N+](C)([O-])[O-])c1. The van der Waals surface area contributed by atoms with Gasteiger partial charge in [0.05, 0.1) is 25.8 Å². The van der Waals surface area contributed by atoms with E-state index in [2.05, 4.69) is 0 Å². The van der Waals surface area contributed by atoms with E-state index >= 15 is 0 Å². The van der Waals surface area contributed by atoms with Gasteiger partial charge in [-0.25, -0.2) is 0 Å². The molecule has 0 saturated heterocycles. The van der Waals surface area contributed by atoms with Gasteiger partial charge in [-0.2, -0.15) is 13.2 Å². The van der Waals surface area contributed by atoms with Crippen molar-refractivity contribution in [3.63, 3.8) is 0 Å². The van der Waals surface area contributed by atoms with Crippen molar-refractivity contribution in [2.75, 3.05) is 20.3 Å². The van der Waals surface area contributed by atoms with Crippen molar-refractivity contribution in [3.8, 4) is 5.75 Å². The predicted molar refractivity (Wildman–Crippen MR) is 77.3 cm³/mol. The number of ether oxygens (including phenoxy) is 2. The van der Waals surface area contributed by atoms with Crippen molar-refractivity contribution in [1.29, 1.82) is 0 Å². The summed E-state index contributed by atoms with van der Waals surface area (Å²) < 4.78 is 48.2. The Hall–Kier alpha value is -1.84. The van der Waals surface area contributed by atoms with Crippen LogP contribution >= 0.6 is 0 Å². The first-order valence-electron chi connectivity index (χ1n) is 6.84. The fraction of sp³-hybridized carbons (Fsp3) is 0.500. The van der Waals surface area contributed by atoms with Gasteiger partial charge in [0.2, 0.25) is 0 Å². The molecule has 0 aromatic heterocycles. The Balaban J connectivity index is 2.80. The molecule has 23 heavy (non-hydrogen) atoms. The molecule has 0 N–H and O–H groups in total. The molecule has 0 amide bonds. The van der Waals surface area contributed by atoms with E-state index in [9.17, 15) is 28.4 Å². The van der Waals surface area contributed by atoms with Crippen molar-refractivity contribution in [2.24, 2.45) is 0 Å². The highest BCUT2D eigenvalue weighted by molar-refractivity contribution is 5.69. The number of hydroxylamine groups is 2. The lowest BCUT2D eigenvalue weighted by Gasteiger charge is -2.42. The second-order valence-corrected chi connectivity index (χ2v) is 4.82. The van der Waals surface area contributed by atoms with Gasteiger partial charge < -0.3 is 24.7 Å². The Labute approximate surface area is 131 Å². The van der Waals surface area contributed by atoms with Gasteiger partial charge in [0.15, 0.2) is 0 Å². The summed E-state index contributed by atoms with van der Waals surface area (Å²) in [5, 5.41) is 22.7. The highest BCUT2D eigenvalue weighted by Gasteiger charge is 2.32. The third kappa shape index (κ3) is 6.43. The Morgan fingerprint density at radius 1 is 1.26 bits per heavy atom. The van der Waals surface area contributed by atoms with Crippen LogP contribution in [0.25, 0.3) is 0 Å². The van der Waals surface area contributed by atoms with E-state index in [1.165, 1.54) is 0 Å². The van der Waals surface area contributed by atoms with Crippen LogP contribution in [0.1, 0.15) is 25.3 Å². The Morgan fingerprint density at radius 3 is 2.43 bits per heavy atom. The second kappa shape index (κ2) is 7.62. The number of alkyl halides is 3. The molecule has 0 fully saturated rings. The minimum absolute atomic E-state index is 0.0521. The maximum absolute atomic E-state index is 12.8. The van der Waals surface area contributed by atoms with Crippen molar-refractivity contribution < 1.29 is 27.4 Å². The first-order chi connectivity index (χ1) is 10.5. The van der Waals surface area contributed by atoms with Crippen molar-refractivity contribution in [1.82, 2.24) is 4.81 Å². The van der Waals surface area contributed by atoms with Crippen molar-refractivity contribution in [3.05, 3.63) is 34.2 Å². The first-order valence-corrected chi connectivity index (χ1v) is 6.84. The van der Waals surface area contributed by atoms with E-state index in [1.807, 2.05) is 0 Å². The highest BCUT2D eigenvalue weighted by Crippen LogP contribution is 2.36. The summed E-state index contributed by atoms with van der Waals surface area (Å²) in [6.07, 6.45) is -4.43. The van der Waals surface area contributed by atoms with Crippen molar-refractivity contribution in [2.45, 2.75) is 25.9 Å². The fourth-order valence-corrected chi connectivity index (χ4v) is 1.70. The normalized spacial score (nSPS) is 12.1. The lowest BCUT2D eigenvalue weighted by molar-refractivity contribution is -0.143. The third-order valence-corrected chi connectivity index (χ3v) is 2.79. The van der Waals surface area contributed by atoms with Crippen LogP contribution in [0.4, 0.5) is 18.9 Å². The monoisotopic (exact) mass is 336 g/mol. The molecular formula is C14H17F3NO5-. The average molecular weight is 336 g/mol. The molecule has 130 valence electrons. The van der Waals surface area contributed by atoms with Crippen LogP contribution in [0.2, 0.25) is 0 Å². The van der Waals surface area contributed by atoms with Gasteiger partial charge in [-0.3, -0.25) is 4.79 Å². The van der Waals surface area contributed by atoms with Crippen LogP contribution in [0, 0.1) is 10.4 Å². The molecule has 1 aromatic carbocycles. The molecule has 0 saturated carbocycles. The van der Waals surface area contributed by atoms with Gasteiger partial charge in [-0.15, -0.1) is 0 Å². The molecule has 9 heteroatoms. The van der Waals surface area contributed by atoms with E-state index in [0.717, 1.165) is 6.07 Å². The third-order valence-electron chi connectivity index (χ3n) is 2.79. The Bertz CT molecular complexity index is 508. The number of halogens is 3. The number of carbonyl (C=O) groups excluding carboxylic acids is 1. The minimum Gasteiger partial charge on any atom is -0.626 e. The average Bonchev–Trinajstić information content (AvgIpc) is 2.42. The van der Waals surface area contributed by atoms with E-state index in [4.69, 9.17) is 9.47 Å². The van der Waals surface area contributed by atoms with Gasteiger partial charge in [-0.05, 0) is 19.4 Å². The molecule has 0 spiro atoms. The molecule has 0 unspecified atom stereocenters. The number of nitrogens with zero attached hydrogens (tertiary/aromatic N) is 1. The standard InChI is InChI=1S/C14H17F3NO5/c1-3-22-13(19)5-4-6-23-12-8-10(14(15,16)17)7-11(9-12)18(2,20)21/h7-9H,3-6H2,1-2H3/q-1. The largest absolute Gasteiger partial charge is 0.626 e. The number of hydrogen-bond donors (Lipinski definition) is 0. The molecule has 0 aliphatic rings. The van der Waals surface area contributed by atoms with Gasteiger partial charge in [0.1, 0.15) is 11.4 Å². The topological polar surface area (TPSA) is 81.7 Å². The van der Waals surface area contributed by atoms with Gasteiger partial charge in [0.25, 0.3) is 0 Å². The summed E-state index contributed by atoms with van der Waals surface area (Å²) >= 11 is 0. The van der Waals surface area contributed by atoms with Crippen LogP contribution in [0.5, 0.6) is 5.75 Å². The summed E-state index contributed by atoms with van der Waals surface area (Å²) in [5.41, 5.74) is -1.77. The maximum atomic E-state index is 12.8. The second-order valence-electron chi connectivity index (χ2n) is 4.82. The molecule has 6 nitrogen and oxygen atoms in total. The van der Waals surface area contributed by atoms with Crippen LogP contribution in [0.3, 0.4) is 0 Å². The number of carbonyl (C=O) groups is 1. The number of quaternary nitrogens is 1. The van der Waals surface area contributed by atoms with E-state index in [0.29, 0.717) is 19.2 Å². The lowest BCUT2D eigenvalue weighted by Crippen LogP contribution is -2.30. The smallest absolute Gasteiger partial charge is 0.416 e. The van der Waals surface area contributed by atoms with Gasteiger partial charge in [0, 0.05) is 18.6 Å². The summed E-state index contributed by atoms with van der Waals surface area (Å²) in [6, 6.07) is 2.15. The van der Waals surface area contributed by atoms with Gasteiger partial charge in [-0.1, -0.05) is 0 Å². The zero-order valence-electron chi connectivity index (χ0n) is 12.7. The summed E-state index contributed by atoms with van der Waals surface area (Å²) in [4.78, 5) is 8.85. The molecule has 0 atom stereocenters. The number of rotatable bonds is 7. The van der Waals surface area contributed by atoms with E-state index in [1.54, 1.807) is 6.92 Å². The van der Waals surface area contributed by atoms with E-state index < -0.39 is 28.2 Å². The van der Waals surface area contributed by atoms with Crippen LogP contribution in [-0.2, 0) is 15.7 Å². The Kier molecular flexibility index (Phi) is 6.37. The zero-order chi connectivity index (χ0) is 17.7. The van der Waals surface area contributed by atoms with Gasteiger partial charge >= 0.3 is 12.1 Å². The molecule has 0 aliphatic heterocycles. The number of hydrogen-bond acceptors (Lipinski definition) is 5. The van der Waals surface area contributed by atoms with Crippen molar-refractivity contribution >= 4 is 11.7 Å². The minimum atomic E-state index is -4.71. The number of benzene rings is 1. The summed E-state index contributed by atoms with van der Waals surface area (Å²) in [6.45, 7) is 1.83. The molecule has 0 bridgehead atoms. The summed E-state index contributed by atoms with van der Waals surface area (Å²) in [7, 11) is 0.667. The molecule has 0 heterocycles. The quantitative estimate of drug-likeness (QED) is 0.330. The molecule has 1 aromatic rings. The molecule has 0 aliphatic carbocycles. The fourth-order valence-electron chi connectivity index (χ4n) is 1.70. The predicted octanol–water partition coefficient (Wildman–Crippen LogP) is 3.36. The van der Waals surface area contributed by atoms with E-state index in [-0.39, 0.29) is 31.8 Å². The number of esters is 1. The molecular weight excluding hydrogens is 319 g/mol.